The molecule has 0 saturated carbocycles. The molecule has 0 saturated heterocycles. The molecule has 0 radical (unpaired) electrons. The summed E-state index contributed by atoms with van der Waals surface area (Å²) >= 11 is 1.86. The molecule has 250 valence electrons. The van der Waals surface area contributed by atoms with Crippen LogP contribution in [0.3, 0.4) is 0 Å². The van der Waals surface area contributed by atoms with E-state index in [-0.39, 0.29) is 0 Å². The van der Waals surface area contributed by atoms with Crippen molar-refractivity contribution >= 4 is 96.5 Å². The number of hydrogen-bond acceptors (Lipinski definition) is 2. The summed E-state index contributed by atoms with van der Waals surface area (Å²) in [6, 6.07) is 66.7. The van der Waals surface area contributed by atoms with Crippen LogP contribution >= 0.6 is 11.3 Å². The zero-order valence-electron chi connectivity index (χ0n) is 29.1. The summed E-state index contributed by atoms with van der Waals surface area (Å²) in [7, 11) is 0. The summed E-state index contributed by atoms with van der Waals surface area (Å²) in [5, 5.41) is 15.1. The van der Waals surface area contributed by atoms with Crippen molar-refractivity contribution in [1.82, 2.24) is 0 Å². The SMILES string of the molecule is c1cc(-c2ccc3c(c2)oc2ccc4sc5ccc6ccccc6c5c4c23)cc(-c2c3ccccc3c(-c3ccc4ccccc4c3)c3ccccc23)c1. The number of benzene rings is 10. The van der Waals surface area contributed by atoms with Crippen molar-refractivity contribution in [2.75, 3.05) is 0 Å². The monoisotopic (exact) mass is 702 g/mol. The van der Waals surface area contributed by atoms with E-state index in [1.165, 1.54) is 96.5 Å². The molecule has 2 aromatic heterocycles. The molecule has 0 aliphatic heterocycles. The third-order valence-corrected chi connectivity index (χ3v) is 12.5. The van der Waals surface area contributed by atoms with Crippen molar-refractivity contribution in [3.8, 4) is 33.4 Å². The first-order valence-corrected chi connectivity index (χ1v) is 19.3. The van der Waals surface area contributed by atoms with Gasteiger partial charge >= 0.3 is 0 Å². The first-order chi connectivity index (χ1) is 26.8. The normalized spacial score (nSPS) is 12.1. The molecule has 0 aliphatic carbocycles. The van der Waals surface area contributed by atoms with Gasteiger partial charge in [-0.2, -0.15) is 0 Å². The molecule has 0 N–H and O–H groups in total. The molecule has 0 atom stereocenters. The molecule has 10 aromatic carbocycles. The van der Waals surface area contributed by atoms with Crippen LogP contribution in [0.5, 0.6) is 0 Å². The zero-order chi connectivity index (χ0) is 35.3. The van der Waals surface area contributed by atoms with Gasteiger partial charge in [-0.1, -0.05) is 140 Å². The standard InChI is InChI=1S/C52H30OS/c1-2-12-33-28-37(21-20-31(33)10-1)49-41-18-7-5-16-39(41)48(40-17-6-8-19-42(40)49)36-14-9-13-34(29-36)35-22-24-43-45(30-35)53-44-25-27-47-52(50(43)44)51-38-15-4-3-11-32(38)23-26-46(51)54-47/h1-30H. The van der Waals surface area contributed by atoms with Gasteiger partial charge in [0.2, 0.25) is 0 Å². The molecule has 2 heterocycles. The zero-order valence-corrected chi connectivity index (χ0v) is 30.0. The van der Waals surface area contributed by atoms with Crippen LogP contribution in [0.1, 0.15) is 0 Å². The second-order valence-corrected chi connectivity index (χ2v) is 15.5. The number of rotatable bonds is 3. The van der Waals surface area contributed by atoms with Gasteiger partial charge in [0.25, 0.3) is 0 Å². The smallest absolute Gasteiger partial charge is 0.136 e. The summed E-state index contributed by atoms with van der Waals surface area (Å²) in [6.07, 6.45) is 0. The second kappa shape index (κ2) is 11.4. The van der Waals surface area contributed by atoms with Crippen molar-refractivity contribution < 1.29 is 4.42 Å². The average Bonchev–Trinajstić information content (AvgIpc) is 3.81. The first-order valence-electron chi connectivity index (χ1n) is 18.5. The van der Waals surface area contributed by atoms with E-state index < -0.39 is 0 Å². The summed E-state index contributed by atoms with van der Waals surface area (Å²) in [6.45, 7) is 0. The van der Waals surface area contributed by atoms with Crippen LogP contribution in [0.2, 0.25) is 0 Å². The Bertz CT molecular complexity index is 3450. The van der Waals surface area contributed by atoms with Gasteiger partial charge in [-0.25, -0.2) is 0 Å². The number of thiophene rings is 1. The summed E-state index contributed by atoms with van der Waals surface area (Å²) in [5.74, 6) is 0. The Hall–Kier alpha value is -6.74. The average molecular weight is 703 g/mol. The van der Waals surface area contributed by atoms with Gasteiger partial charge < -0.3 is 4.42 Å². The molecule has 0 fully saturated rings. The fraction of sp³-hybridized carbons (Fsp3) is 0. The highest BCUT2D eigenvalue weighted by atomic mass is 32.1. The lowest BCUT2D eigenvalue weighted by Gasteiger charge is -2.18. The fourth-order valence-electron chi connectivity index (χ4n) is 9.02. The molecule has 0 spiro atoms. The number of hydrogen-bond donors (Lipinski definition) is 0. The van der Waals surface area contributed by atoms with Crippen molar-refractivity contribution in [2.45, 2.75) is 0 Å². The summed E-state index contributed by atoms with van der Waals surface area (Å²) in [5.41, 5.74) is 9.13. The third kappa shape index (κ3) is 4.32. The van der Waals surface area contributed by atoms with Gasteiger partial charge in [0.05, 0.1) is 0 Å². The largest absolute Gasteiger partial charge is 0.456 e. The van der Waals surface area contributed by atoms with E-state index in [2.05, 4.69) is 182 Å². The number of fused-ring (bicyclic) bond motifs is 12. The van der Waals surface area contributed by atoms with Crippen molar-refractivity contribution in [1.29, 1.82) is 0 Å². The van der Waals surface area contributed by atoms with Gasteiger partial charge in [0.15, 0.2) is 0 Å². The van der Waals surface area contributed by atoms with Crippen LogP contribution in [0.4, 0.5) is 0 Å². The predicted molar refractivity (Wildman–Crippen MR) is 233 cm³/mol. The van der Waals surface area contributed by atoms with Crippen LogP contribution in [0.15, 0.2) is 186 Å². The molecule has 0 unspecified atom stereocenters. The maximum absolute atomic E-state index is 6.67. The molecule has 12 aromatic rings. The minimum absolute atomic E-state index is 0.913. The van der Waals surface area contributed by atoms with E-state index in [4.69, 9.17) is 4.42 Å². The third-order valence-electron chi connectivity index (χ3n) is 11.4. The van der Waals surface area contributed by atoms with E-state index in [9.17, 15) is 0 Å². The van der Waals surface area contributed by atoms with Crippen molar-refractivity contribution in [3.05, 3.63) is 182 Å². The van der Waals surface area contributed by atoms with Gasteiger partial charge in [-0.3, -0.25) is 0 Å². The molecular weight excluding hydrogens is 673 g/mol. The minimum Gasteiger partial charge on any atom is -0.456 e. The van der Waals surface area contributed by atoms with Crippen LogP contribution in [-0.2, 0) is 0 Å². The van der Waals surface area contributed by atoms with Crippen molar-refractivity contribution in [2.24, 2.45) is 0 Å². The molecule has 0 amide bonds. The van der Waals surface area contributed by atoms with Crippen LogP contribution < -0.4 is 0 Å². The van der Waals surface area contributed by atoms with E-state index in [0.717, 1.165) is 22.1 Å². The Labute approximate surface area is 314 Å². The molecule has 54 heavy (non-hydrogen) atoms. The number of furan rings is 1. The van der Waals surface area contributed by atoms with Crippen LogP contribution in [0, 0.1) is 0 Å². The first kappa shape index (κ1) is 29.8. The lowest BCUT2D eigenvalue weighted by Crippen LogP contribution is -1.91. The van der Waals surface area contributed by atoms with E-state index in [0.29, 0.717) is 0 Å². The Morgan fingerprint density at radius 3 is 1.61 bits per heavy atom. The summed E-state index contributed by atoms with van der Waals surface area (Å²) in [4.78, 5) is 0. The highest BCUT2D eigenvalue weighted by Gasteiger charge is 2.19. The van der Waals surface area contributed by atoms with E-state index >= 15 is 0 Å². The lowest BCUT2D eigenvalue weighted by molar-refractivity contribution is 0.669. The Kier molecular flexibility index (Phi) is 6.28. The van der Waals surface area contributed by atoms with Crippen LogP contribution in [-0.4, -0.2) is 0 Å². The second-order valence-electron chi connectivity index (χ2n) is 14.4. The Balaban J connectivity index is 1.04. The minimum atomic E-state index is 0.913. The van der Waals surface area contributed by atoms with Gasteiger partial charge in [0, 0.05) is 30.9 Å². The highest BCUT2D eigenvalue weighted by molar-refractivity contribution is 7.26. The van der Waals surface area contributed by atoms with Gasteiger partial charge in [0.1, 0.15) is 11.2 Å². The molecule has 1 nitrogen and oxygen atoms in total. The molecule has 2 heteroatoms. The summed E-state index contributed by atoms with van der Waals surface area (Å²) < 4.78 is 9.27. The quantitative estimate of drug-likeness (QED) is 0.167. The van der Waals surface area contributed by atoms with Gasteiger partial charge in [-0.15, -0.1) is 11.3 Å². The predicted octanol–water partition coefficient (Wildman–Crippen LogP) is 15.6. The maximum Gasteiger partial charge on any atom is 0.136 e. The van der Waals surface area contributed by atoms with E-state index in [1.807, 2.05) is 11.3 Å². The topological polar surface area (TPSA) is 13.1 Å². The molecular formula is C52H30OS. The Morgan fingerprint density at radius 2 is 0.852 bits per heavy atom. The van der Waals surface area contributed by atoms with Gasteiger partial charge in [-0.05, 0) is 119 Å². The van der Waals surface area contributed by atoms with E-state index in [1.54, 1.807) is 0 Å². The molecule has 12 rings (SSSR count). The van der Waals surface area contributed by atoms with Crippen molar-refractivity contribution in [3.63, 3.8) is 0 Å². The highest BCUT2D eigenvalue weighted by Crippen LogP contribution is 2.47. The lowest BCUT2D eigenvalue weighted by atomic mass is 9.85. The molecule has 0 bridgehead atoms. The maximum atomic E-state index is 6.67. The van der Waals surface area contributed by atoms with Crippen LogP contribution in [0.25, 0.3) is 119 Å². The fourth-order valence-corrected chi connectivity index (χ4v) is 10.2. The molecule has 0 aliphatic rings. The Morgan fingerprint density at radius 1 is 0.296 bits per heavy atom.